The van der Waals surface area contributed by atoms with Crippen molar-refractivity contribution in [3.8, 4) is 5.75 Å². The van der Waals surface area contributed by atoms with Crippen LogP contribution in [0, 0.1) is 6.92 Å². The van der Waals surface area contributed by atoms with Gasteiger partial charge in [-0.2, -0.15) is 8.75 Å². The molecular formula is C21H19N5O2S. The number of amides is 1. The number of aromatic nitrogens is 4. The Labute approximate surface area is 172 Å². The molecule has 0 atom stereocenters. The smallest absolute Gasteiger partial charge is 0.255 e. The van der Waals surface area contributed by atoms with Crippen molar-refractivity contribution >= 4 is 23.3 Å². The van der Waals surface area contributed by atoms with Gasteiger partial charge in [-0.3, -0.25) is 4.79 Å². The van der Waals surface area contributed by atoms with Gasteiger partial charge in [0.1, 0.15) is 18.1 Å². The largest absolute Gasteiger partial charge is 0.487 e. The van der Waals surface area contributed by atoms with Gasteiger partial charge in [-0.1, -0.05) is 12.1 Å². The van der Waals surface area contributed by atoms with Crippen molar-refractivity contribution in [3.05, 3.63) is 89.8 Å². The molecule has 2 aromatic carbocycles. The molecular weight excluding hydrogens is 386 g/mol. The fourth-order valence-corrected chi connectivity index (χ4v) is 3.33. The fraction of sp³-hybridized carbons (Fsp3) is 0.143. The summed E-state index contributed by atoms with van der Waals surface area (Å²) >= 11 is 1.17. The van der Waals surface area contributed by atoms with Crippen LogP contribution in [0.25, 0.3) is 0 Å². The number of ether oxygens (including phenoxy) is 1. The van der Waals surface area contributed by atoms with Gasteiger partial charge in [0.05, 0.1) is 23.7 Å². The van der Waals surface area contributed by atoms with Crippen LogP contribution < -0.4 is 10.1 Å². The third kappa shape index (κ3) is 4.85. The van der Waals surface area contributed by atoms with E-state index in [4.69, 9.17) is 4.74 Å². The Hall–Kier alpha value is -3.52. The van der Waals surface area contributed by atoms with E-state index in [0.29, 0.717) is 24.5 Å². The summed E-state index contributed by atoms with van der Waals surface area (Å²) in [6, 6.07) is 14.8. The molecule has 0 saturated carbocycles. The lowest BCUT2D eigenvalue weighted by molar-refractivity contribution is 0.102. The van der Waals surface area contributed by atoms with Crippen molar-refractivity contribution in [2.24, 2.45) is 0 Å². The third-order valence-corrected chi connectivity index (χ3v) is 5.01. The maximum Gasteiger partial charge on any atom is 0.255 e. The van der Waals surface area contributed by atoms with Crippen LogP contribution in [0.2, 0.25) is 0 Å². The topological polar surface area (TPSA) is 81.9 Å². The Balaban J connectivity index is 1.36. The molecule has 4 aromatic rings. The Morgan fingerprint density at radius 3 is 2.76 bits per heavy atom. The van der Waals surface area contributed by atoms with E-state index in [1.807, 2.05) is 42.0 Å². The summed E-state index contributed by atoms with van der Waals surface area (Å²) in [5.74, 6) is 0.507. The molecule has 0 aliphatic carbocycles. The van der Waals surface area contributed by atoms with E-state index in [0.717, 1.165) is 22.6 Å². The Morgan fingerprint density at radius 2 is 2.03 bits per heavy atom. The Kier molecular flexibility index (Phi) is 5.62. The highest BCUT2D eigenvalue weighted by Gasteiger charge is 2.08. The lowest BCUT2D eigenvalue weighted by Crippen LogP contribution is -2.12. The molecule has 2 aromatic heterocycles. The van der Waals surface area contributed by atoms with Crippen molar-refractivity contribution < 1.29 is 9.53 Å². The lowest BCUT2D eigenvalue weighted by Gasteiger charge is -2.09. The van der Waals surface area contributed by atoms with Crippen molar-refractivity contribution in [2.75, 3.05) is 5.32 Å². The van der Waals surface area contributed by atoms with Crippen molar-refractivity contribution in [1.82, 2.24) is 18.3 Å². The van der Waals surface area contributed by atoms with Gasteiger partial charge < -0.3 is 14.6 Å². The molecule has 0 saturated heterocycles. The summed E-state index contributed by atoms with van der Waals surface area (Å²) in [6.45, 7) is 2.96. The number of carbonyl (C=O) groups excluding carboxylic acids is 1. The highest BCUT2D eigenvalue weighted by Crippen LogP contribution is 2.17. The van der Waals surface area contributed by atoms with E-state index in [9.17, 15) is 4.79 Å². The lowest BCUT2D eigenvalue weighted by atomic mass is 10.1. The summed E-state index contributed by atoms with van der Waals surface area (Å²) < 4.78 is 16.0. The van der Waals surface area contributed by atoms with Crippen LogP contribution in [0.5, 0.6) is 5.75 Å². The van der Waals surface area contributed by atoms with E-state index in [1.165, 1.54) is 11.7 Å². The average molecular weight is 405 g/mol. The molecule has 0 spiro atoms. The minimum Gasteiger partial charge on any atom is -0.487 e. The summed E-state index contributed by atoms with van der Waals surface area (Å²) in [4.78, 5) is 16.6. The molecule has 0 radical (unpaired) electrons. The molecule has 1 amide bonds. The zero-order valence-electron chi connectivity index (χ0n) is 15.8. The number of carbonyl (C=O) groups is 1. The number of benzene rings is 2. The average Bonchev–Trinajstić information content (AvgIpc) is 3.39. The Morgan fingerprint density at radius 1 is 1.17 bits per heavy atom. The molecule has 8 heteroatoms. The minimum absolute atomic E-state index is 0.170. The third-order valence-electron chi connectivity index (χ3n) is 4.35. The fourth-order valence-electron chi connectivity index (χ4n) is 2.78. The highest BCUT2D eigenvalue weighted by molar-refractivity contribution is 6.99. The predicted molar refractivity (Wildman–Crippen MR) is 111 cm³/mol. The van der Waals surface area contributed by atoms with Crippen LogP contribution in [-0.4, -0.2) is 24.2 Å². The maximum atomic E-state index is 12.6. The number of anilines is 1. The monoisotopic (exact) mass is 405 g/mol. The SMILES string of the molecule is Cc1nsnc1COc1ccc(C(=O)Nc2cccc(Cn3ccnc3)c2)cc1. The Bertz CT molecular complexity index is 1090. The first-order valence-corrected chi connectivity index (χ1v) is 9.77. The van der Waals surface area contributed by atoms with Crippen molar-refractivity contribution in [2.45, 2.75) is 20.1 Å². The molecule has 0 fully saturated rings. The first kappa shape index (κ1) is 18.8. The summed E-state index contributed by atoms with van der Waals surface area (Å²) in [7, 11) is 0. The molecule has 146 valence electrons. The minimum atomic E-state index is -0.170. The number of aryl methyl sites for hydroxylation is 1. The number of nitrogens with one attached hydrogen (secondary N) is 1. The van der Waals surface area contributed by atoms with E-state index in [2.05, 4.69) is 19.0 Å². The standard InChI is InChI=1S/C21H19N5O2S/c1-15-20(25-29-24-15)13-28-19-7-5-17(6-8-19)21(27)23-18-4-2-3-16(11-18)12-26-10-9-22-14-26/h2-11,14H,12-13H2,1H3,(H,23,27). The molecule has 7 nitrogen and oxygen atoms in total. The molecule has 0 bridgehead atoms. The van der Waals surface area contributed by atoms with Gasteiger partial charge in [0.25, 0.3) is 5.91 Å². The van der Waals surface area contributed by atoms with E-state index in [1.54, 1.807) is 36.8 Å². The van der Waals surface area contributed by atoms with Crippen molar-refractivity contribution in [1.29, 1.82) is 0 Å². The van der Waals surface area contributed by atoms with Gasteiger partial charge in [-0.15, -0.1) is 0 Å². The molecule has 0 unspecified atom stereocenters. The van der Waals surface area contributed by atoms with Gasteiger partial charge >= 0.3 is 0 Å². The molecule has 1 N–H and O–H groups in total. The van der Waals surface area contributed by atoms with E-state index >= 15 is 0 Å². The van der Waals surface area contributed by atoms with E-state index < -0.39 is 0 Å². The molecule has 4 rings (SSSR count). The number of hydrogen-bond acceptors (Lipinski definition) is 6. The normalized spacial score (nSPS) is 10.7. The van der Waals surface area contributed by atoms with Crippen LogP contribution in [0.15, 0.2) is 67.3 Å². The molecule has 0 aliphatic heterocycles. The second-order valence-electron chi connectivity index (χ2n) is 6.50. The number of nitrogens with zero attached hydrogens (tertiary/aromatic N) is 4. The second kappa shape index (κ2) is 8.66. The summed E-state index contributed by atoms with van der Waals surface area (Å²) in [6.07, 6.45) is 5.41. The summed E-state index contributed by atoms with van der Waals surface area (Å²) in [5, 5.41) is 2.94. The van der Waals surface area contributed by atoms with Crippen LogP contribution >= 0.6 is 11.7 Å². The first-order chi connectivity index (χ1) is 14.2. The predicted octanol–water partition coefficient (Wildman–Crippen LogP) is 3.92. The molecule has 0 aliphatic rings. The quantitative estimate of drug-likeness (QED) is 0.504. The zero-order chi connectivity index (χ0) is 20.1. The molecule has 2 heterocycles. The number of imidazole rings is 1. The first-order valence-electron chi connectivity index (χ1n) is 9.04. The van der Waals surface area contributed by atoms with Crippen LogP contribution in [-0.2, 0) is 13.2 Å². The van der Waals surface area contributed by atoms with Gasteiger partial charge in [0, 0.05) is 30.2 Å². The van der Waals surface area contributed by atoms with Crippen LogP contribution in [0.1, 0.15) is 27.3 Å². The van der Waals surface area contributed by atoms with E-state index in [-0.39, 0.29) is 5.91 Å². The number of hydrogen-bond donors (Lipinski definition) is 1. The van der Waals surface area contributed by atoms with Gasteiger partial charge in [-0.05, 0) is 48.9 Å². The van der Waals surface area contributed by atoms with Crippen LogP contribution in [0.3, 0.4) is 0 Å². The van der Waals surface area contributed by atoms with Crippen LogP contribution in [0.4, 0.5) is 5.69 Å². The highest BCUT2D eigenvalue weighted by atomic mass is 32.1. The van der Waals surface area contributed by atoms with Crippen molar-refractivity contribution in [3.63, 3.8) is 0 Å². The summed E-state index contributed by atoms with van der Waals surface area (Å²) in [5.41, 5.74) is 4.09. The van der Waals surface area contributed by atoms with Gasteiger partial charge in [-0.25, -0.2) is 4.98 Å². The number of rotatable bonds is 7. The zero-order valence-corrected chi connectivity index (χ0v) is 16.6. The van der Waals surface area contributed by atoms with Gasteiger partial charge in [0.2, 0.25) is 0 Å². The maximum absolute atomic E-state index is 12.6. The van der Waals surface area contributed by atoms with Gasteiger partial charge in [0.15, 0.2) is 0 Å². The molecule has 29 heavy (non-hydrogen) atoms. The second-order valence-corrected chi connectivity index (χ2v) is 7.03.